The zero-order valence-corrected chi connectivity index (χ0v) is 13.9. The molecule has 3 nitrogen and oxygen atoms in total. The lowest BCUT2D eigenvalue weighted by Crippen LogP contribution is -2.65. The first kappa shape index (κ1) is 15.3. The minimum Gasteiger partial charge on any atom is -0.315 e. The molecular weight excluding hydrogens is 250 g/mol. The van der Waals surface area contributed by atoms with Crippen LogP contribution >= 0.6 is 17.3 Å². The molecule has 17 heavy (non-hydrogen) atoms. The van der Waals surface area contributed by atoms with Crippen LogP contribution in [0.5, 0.6) is 0 Å². The van der Waals surface area contributed by atoms with E-state index in [1.165, 1.54) is 0 Å². The zero-order chi connectivity index (χ0) is 13.4. The molecule has 4 unspecified atom stereocenters. The van der Waals surface area contributed by atoms with Crippen LogP contribution in [0.25, 0.3) is 0 Å². The third-order valence-corrected chi connectivity index (χ3v) is 4.94. The van der Waals surface area contributed by atoms with Crippen LogP contribution in [0.1, 0.15) is 41.5 Å². The molecule has 0 spiro atoms. The van der Waals surface area contributed by atoms with E-state index in [1.54, 1.807) is 0 Å². The van der Waals surface area contributed by atoms with Crippen molar-refractivity contribution in [2.45, 2.75) is 53.6 Å². The number of hydrogen-bond acceptors (Lipinski definition) is 2. The van der Waals surface area contributed by atoms with Crippen molar-refractivity contribution in [1.29, 1.82) is 0 Å². The molecule has 1 fully saturated rings. The van der Waals surface area contributed by atoms with E-state index in [9.17, 15) is 4.79 Å². The molecule has 1 rings (SSSR count). The molecule has 0 radical (unpaired) electrons. The molecule has 0 aliphatic carbocycles. The fourth-order valence-corrected chi connectivity index (χ4v) is 4.35. The molecule has 1 heterocycles. The van der Waals surface area contributed by atoms with Crippen LogP contribution in [0.2, 0.25) is 0 Å². The molecule has 0 saturated carbocycles. The van der Waals surface area contributed by atoms with Gasteiger partial charge in [0.25, 0.3) is 0 Å². The molecule has 0 aromatic rings. The third-order valence-electron chi connectivity index (χ3n) is 3.30. The zero-order valence-electron chi connectivity index (χ0n) is 11.8. The highest BCUT2D eigenvalue weighted by Crippen LogP contribution is 2.43. The monoisotopic (exact) mass is 276 g/mol. The van der Waals surface area contributed by atoms with Crippen molar-refractivity contribution in [2.24, 2.45) is 10.8 Å². The van der Waals surface area contributed by atoms with Gasteiger partial charge in [-0.2, -0.15) is 0 Å². The lowest BCUT2D eigenvalue weighted by Gasteiger charge is -2.51. The minimum absolute atomic E-state index is 0.0879. The Morgan fingerprint density at radius 3 is 2.12 bits per heavy atom. The van der Waals surface area contributed by atoms with Crippen LogP contribution in [-0.2, 0) is 4.79 Å². The quantitative estimate of drug-likeness (QED) is 0.747. The number of nitrogens with zero attached hydrogens (tertiary/aromatic N) is 1. The first-order chi connectivity index (χ1) is 7.59. The van der Waals surface area contributed by atoms with Crippen LogP contribution in [-0.4, -0.2) is 29.2 Å². The number of carbonyl (C=O) groups is 1. The highest BCUT2D eigenvalue weighted by molar-refractivity contribution is 8.01. The van der Waals surface area contributed by atoms with Gasteiger partial charge in [0.05, 0.1) is 12.6 Å². The number of nitrogens with one attached hydrogen (secondary N) is 1. The van der Waals surface area contributed by atoms with Gasteiger partial charge in [0.15, 0.2) is 0 Å². The summed E-state index contributed by atoms with van der Waals surface area (Å²) >= 11 is 0. The molecular formula is C12H26N2OP2. The van der Waals surface area contributed by atoms with Gasteiger partial charge >= 0.3 is 0 Å². The van der Waals surface area contributed by atoms with Crippen LogP contribution in [0.15, 0.2) is 0 Å². The van der Waals surface area contributed by atoms with Gasteiger partial charge in [-0.25, -0.2) is 0 Å². The lowest BCUT2D eigenvalue weighted by molar-refractivity contribution is -0.133. The Balaban J connectivity index is 3.11. The van der Waals surface area contributed by atoms with Gasteiger partial charge in [0, 0.05) is 6.04 Å². The number of piperazine rings is 1. The smallest absolute Gasteiger partial charge is 0.240 e. The van der Waals surface area contributed by atoms with Crippen LogP contribution < -0.4 is 5.32 Å². The highest BCUT2D eigenvalue weighted by Gasteiger charge is 2.46. The van der Waals surface area contributed by atoms with E-state index in [0.29, 0.717) is 21.0 Å². The Hall–Kier alpha value is 0.290. The van der Waals surface area contributed by atoms with Crippen molar-refractivity contribution < 1.29 is 4.79 Å². The van der Waals surface area contributed by atoms with Crippen molar-refractivity contribution in [1.82, 2.24) is 9.99 Å². The average molecular weight is 276 g/mol. The molecule has 0 aromatic heterocycles. The summed E-state index contributed by atoms with van der Waals surface area (Å²) < 4.78 is 2.04. The van der Waals surface area contributed by atoms with Gasteiger partial charge in [-0.3, -0.25) is 4.79 Å². The summed E-state index contributed by atoms with van der Waals surface area (Å²) in [7, 11) is 3.18. The first-order valence-corrected chi connectivity index (χ1v) is 8.86. The van der Waals surface area contributed by atoms with Crippen molar-refractivity contribution in [2.75, 3.05) is 6.54 Å². The summed E-state index contributed by atoms with van der Waals surface area (Å²) in [4.78, 5) is 12.0. The Morgan fingerprint density at radius 2 is 1.76 bits per heavy atom. The van der Waals surface area contributed by atoms with Gasteiger partial charge in [-0.15, -0.1) is 0 Å². The second-order valence-corrected chi connectivity index (χ2v) is 8.44. The van der Waals surface area contributed by atoms with Gasteiger partial charge < -0.3 is 9.99 Å². The predicted molar refractivity (Wildman–Crippen MR) is 79.4 cm³/mol. The fourth-order valence-electron chi connectivity index (χ4n) is 2.52. The van der Waals surface area contributed by atoms with E-state index < -0.39 is 0 Å². The minimum atomic E-state index is 0.0879. The SMILES string of the molecule is CC(C)(C)C1NCC(=O)N(PP)C1C(C)(C)C. The first-order valence-electron chi connectivity index (χ1n) is 6.10. The predicted octanol–water partition coefficient (Wildman–Crippen LogP) is 2.63. The second kappa shape index (κ2) is 5.11. The fraction of sp³-hybridized carbons (Fsp3) is 0.917. The van der Waals surface area contributed by atoms with Crippen molar-refractivity contribution in [3.63, 3.8) is 0 Å². The number of carbonyl (C=O) groups excluding carboxylic acids is 1. The Labute approximate surface area is 109 Å². The summed E-state index contributed by atoms with van der Waals surface area (Å²) in [6, 6.07) is 0.591. The summed E-state index contributed by atoms with van der Waals surface area (Å²) in [6.07, 6.45) is 0. The molecule has 4 atom stereocenters. The molecule has 0 aromatic carbocycles. The topological polar surface area (TPSA) is 32.3 Å². The van der Waals surface area contributed by atoms with E-state index in [0.717, 1.165) is 0 Å². The van der Waals surface area contributed by atoms with E-state index in [4.69, 9.17) is 0 Å². The molecule has 1 aliphatic rings. The van der Waals surface area contributed by atoms with Crippen LogP contribution in [0.3, 0.4) is 0 Å². The molecule has 1 saturated heterocycles. The number of amides is 1. The normalized spacial score (nSPS) is 28.2. The van der Waals surface area contributed by atoms with Crippen molar-refractivity contribution in [3.8, 4) is 0 Å². The molecule has 1 N–H and O–H groups in total. The Morgan fingerprint density at radius 1 is 1.24 bits per heavy atom. The maximum absolute atomic E-state index is 12.0. The standard InChI is InChI=1S/C12H26N2OP2/c1-11(2,3)9-10(12(4,5)6)14(17-16)8(15)7-13-9/h9-10,13,17H,7,16H2,1-6H3. The maximum atomic E-state index is 12.0. The number of rotatable bonds is 1. The molecule has 0 bridgehead atoms. The molecule has 1 aliphatic heterocycles. The number of hydrogen-bond donors (Lipinski definition) is 1. The van der Waals surface area contributed by atoms with Gasteiger partial charge in [-0.05, 0) is 19.3 Å². The highest BCUT2D eigenvalue weighted by atomic mass is 32.0. The lowest BCUT2D eigenvalue weighted by atomic mass is 9.72. The van der Waals surface area contributed by atoms with Crippen LogP contribution in [0, 0.1) is 10.8 Å². The van der Waals surface area contributed by atoms with Gasteiger partial charge in [-0.1, -0.05) is 50.5 Å². The van der Waals surface area contributed by atoms with Crippen molar-refractivity contribution in [3.05, 3.63) is 0 Å². The summed E-state index contributed by atoms with van der Waals surface area (Å²) in [5.41, 5.74) is 0.242. The molecule has 5 heteroatoms. The van der Waals surface area contributed by atoms with Crippen LogP contribution in [0.4, 0.5) is 0 Å². The van der Waals surface area contributed by atoms with E-state index >= 15 is 0 Å². The van der Waals surface area contributed by atoms with E-state index in [2.05, 4.69) is 55.8 Å². The Bertz CT molecular complexity index is 294. The van der Waals surface area contributed by atoms with Gasteiger partial charge in [0.1, 0.15) is 0 Å². The van der Waals surface area contributed by atoms with E-state index in [1.807, 2.05) is 4.67 Å². The summed E-state index contributed by atoms with van der Waals surface area (Å²) in [5.74, 6) is 0.221. The van der Waals surface area contributed by atoms with E-state index in [-0.39, 0.29) is 22.8 Å². The largest absolute Gasteiger partial charge is 0.315 e. The van der Waals surface area contributed by atoms with Gasteiger partial charge in [0.2, 0.25) is 5.91 Å². The average Bonchev–Trinajstić information content (AvgIpc) is 2.13. The summed E-state index contributed by atoms with van der Waals surface area (Å²) in [5, 5.41) is 3.43. The summed E-state index contributed by atoms with van der Waals surface area (Å²) in [6.45, 7) is 13.8. The Kier molecular flexibility index (Phi) is 4.62. The van der Waals surface area contributed by atoms with Crippen molar-refractivity contribution >= 4 is 23.3 Å². The maximum Gasteiger partial charge on any atom is 0.240 e. The molecule has 100 valence electrons. The second-order valence-electron chi connectivity index (χ2n) is 6.93. The molecule has 1 amide bonds. The third kappa shape index (κ3) is 3.40.